The molecule has 0 aliphatic carbocycles. The molecule has 3 nitrogen and oxygen atoms in total. The van der Waals surface area contributed by atoms with Crippen molar-refractivity contribution >= 4 is 5.65 Å². The summed E-state index contributed by atoms with van der Waals surface area (Å²) < 4.78 is 2.03. The zero-order chi connectivity index (χ0) is 14.1. The van der Waals surface area contributed by atoms with Crippen molar-refractivity contribution in [2.24, 2.45) is 0 Å². The molecular formula is C17H15N3. The first-order valence-corrected chi connectivity index (χ1v) is 6.65. The summed E-state index contributed by atoms with van der Waals surface area (Å²) in [5.74, 6) is -0.206. The van der Waals surface area contributed by atoms with Crippen LogP contribution in [0.5, 0.6) is 0 Å². The highest BCUT2D eigenvalue weighted by Gasteiger charge is 2.19. The lowest BCUT2D eigenvalue weighted by atomic mass is 10.0. The van der Waals surface area contributed by atoms with Gasteiger partial charge in [-0.25, -0.2) is 4.98 Å². The summed E-state index contributed by atoms with van der Waals surface area (Å²) in [6.45, 7) is 3.95. The summed E-state index contributed by atoms with van der Waals surface area (Å²) in [7, 11) is 0. The van der Waals surface area contributed by atoms with Gasteiger partial charge < -0.3 is 4.40 Å². The van der Waals surface area contributed by atoms with E-state index in [0.717, 1.165) is 28.2 Å². The molecule has 0 saturated heterocycles. The van der Waals surface area contributed by atoms with Gasteiger partial charge in [-0.15, -0.1) is 0 Å². The van der Waals surface area contributed by atoms with Crippen molar-refractivity contribution in [3.8, 4) is 17.3 Å². The van der Waals surface area contributed by atoms with Gasteiger partial charge in [-0.2, -0.15) is 5.26 Å². The van der Waals surface area contributed by atoms with Gasteiger partial charge in [-0.3, -0.25) is 0 Å². The van der Waals surface area contributed by atoms with Crippen LogP contribution in [0.25, 0.3) is 16.9 Å². The maximum atomic E-state index is 9.32. The molecule has 2 aromatic heterocycles. The van der Waals surface area contributed by atoms with Crippen LogP contribution in [0.15, 0.2) is 48.7 Å². The quantitative estimate of drug-likeness (QED) is 0.701. The van der Waals surface area contributed by atoms with Gasteiger partial charge in [0, 0.05) is 11.8 Å². The second-order valence-electron chi connectivity index (χ2n) is 4.95. The fourth-order valence-corrected chi connectivity index (χ4v) is 2.51. The van der Waals surface area contributed by atoms with Gasteiger partial charge >= 0.3 is 0 Å². The predicted molar refractivity (Wildman–Crippen MR) is 79.4 cm³/mol. The lowest BCUT2D eigenvalue weighted by molar-refractivity contribution is 0.898. The summed E-state index contributed by atoms with van der Waals surface area (Å²) in [4.78, 5) is 4.76. The van der Waals surface area contributed by atoms with Gasteiger partial charge in [0.1, 0.15) is 5.65 Å². The van der Waals surface area contributed by atoms with E-state index in [9.17, 15) is 5.26 Å². The summed E-state index contributed by atoms with van der Waals surface area (Å²) in [5.41, 5.74) is 4.93. The number of hydrogen-bond donors (Lipinski definition) is 0. The van der Waals surface area contributed by atoms with Crippen molar-refractivity contribution in [3.63, 3.8) is 0 Å². The summed E-state index contributed by atoms with van der Waals surface area (Å²) >= 11 is 0. The van der Waals surface area contributed by atoms with Crippen LogP contribution in [0.3, 0.4) is 0 Å². The second kappa shape index (κ2) is 4.82. The van der Waals surface area contributed by atoms with Crippen molar-refractivity contribution in [1.29, 1.82) is 5.26 Å². The highest BCUT2D eigenvalue weighted by molar-refractivity contribution is 5.69. The summed E-state index contributed by atoms with van der Waals surface area (Å²) in [6.07, 6.45) is 1.98. The molecule has 3 aromatic rings. The molecule has 0 radical (unpaired) electrons. The van der Waals surface area contributed by atoms with Crippen LogP contribution in [0.4, 0.5) is 0 Å². The molecule has 0 saturated carbocycles. The molecule has 0 aliphatic rings. The van der Waals surface area contributed by atoms with Crippen LogP contribution < -0.4 is 0 Å². The molecule has 3 rings (SSSR count). The Bertz CT molecular complexity index is 794. The number of aryl methyl sites for hydroxylation is 1. The van der Waals surface area contributed by atoms with Gasteiger partial charge in [-0.05, 0) is 25.5 Å². The van der Waals surface area contributed by atoms with E-state index in [0.29, 0.717) is 0 Å². The first-order chi connectivity index (χ1) is 9.72. The number of nitriles is 1. The van der Waals surface area contributed by atoms with Crippen LogP contribution >= 0.6 is 0 Å². The minimum absolute atomic E-state index is 0.206. The molecule has 2 heterocycles. The van der Waals surface area contributed by atoms with Crippen molar-refractivity contribution in [2.75, 3.05) is 0 Å². The van der Waals surface area contributed by atoms with Crippen LogP contribution in [0, 0.1) is 18.3 Å². The van der Waals surface area contributed by atoms with Crippen LogP contribution in [0.1, 0.15) is 24.1 Å². The number of imidazole rings is 1. The number of nitrogens with zero attached hydrogens (tertiary/aromatic N) is 3. The second-order valence-corrected chi connectivity index (χ2v) is 4.95. The molecule has 1 aromatic carbocycles. The zero-order valence-corrected chi connectivity index (χ0v) is 11.5. The monoisotopic (exact) mass is 261 g/mol. The van der Waals surface area contributed by atoms with Gasteiger partial charge in [-0.1, -0.05) is 36.4 Å². The van der Waals surface area contributed by atoms with Crippen molar-refractivity contribution < 1.29 is 0 Å². The van der Waals surface area contributed by atoms with Gasteiger partial charge in [0.05, 0.1) is 23.4 Å². The highest BCUT2D eigenvalue weighted by atomic mass is 15.0. The molecule has 0 amide bonds. The smallest absolute Gasteiger partial charge is 0.140 e. The molecule has 3 heteroatoms. The average Bonchev–Trinajstić information content (AvgIpc) is 2.88. The van der Waals surface area contributed by atoms with E-state index in [2.05, 4.69) is 6.07 Å². The van der Waals surface area contributed by atoms with E-state index in [1.807, 2.05) is 66.9 Å². The molecule has 0 aliphatic heterocycles. The van der Waals surface area contributed by atoms with E-state index in [-0.39, 0.29) is 5.92 Å². The number of hydrogen-bond acceptors (Lipinski definition) is 2. The Morgan fingerprint density at radius 3 is 2.60 bits per heavy atom. The lowest BCUT2D eigenvalue weighted by Gasteiger charge is -2.07. The van der Waals surface area contributed by atoms with Gasteiger partial charge in [0.25, 0.3) is 0 Å². The van der Waals surface area contributed by atoms with E-state index in [4.69, 9.17) is 4.98 Å². The maximum absolute atomic E-state index is 9.32. The first kappa shape index (κ1) is 12.4. The summed E-state index contributed by atoms with van der Waals surface area (Å²) in [6, 6.07) is 16.4. The molecule has 1 unspecified atom stereocenters. The molecule has 20 heavy (non-hydrogen) atoms. The predicted octanol–water partition coefficient (Wildman–Crippen LogP) is 3.94. The molecule has 0 bridgehead atoms. The van der Waals surface area contributed by atoms with Crippen LogP contribution in [-0.2, 0) is 0 Å². The van der Waals surface area contributed by atoms with Gasteiger partial charge in [0.15, 0.2) is 0 Å². The van der Waals surface area contributed by atoms with Crippen molar-refractivity contribution in [1.82, 2.24) is 9.38 Å². The summed E-state index contributed by atoms with van der Waals surface area (Å²) in [5, 5.41) is 9.32. The van der Waals surface area contributed by atoms with Crippen molar-refractivity contribution in [2.45, 2.75) is 19.8 Å². The Morgan fingerprint density at radius 1 is 1.15 bits per heavy atom. The van der Waals surface area contributed by atoms with E-state index in [1.165, 1.54) is 0 Å². The number of fused-ring (bicyclic) bond motifs is 1. The largest absolute Gasteiger partial charge is 0.302 e. The van der Waals surface area contributed by atoms with E-state index < -0.39 is 0 Å². The third-order valence-electron chi connectivity index (χ3n) is 3.53. The lowest BCUT2D eigenvalue weighted by Crippen LogP contribution is -1.98. The standard InChI is InChI=1S/C17H15N3/c1-12-7-6-10-20-16(13(2)11-18)15(19-17(12)20)14-8-4-3-5-9-14/h3-10,13H,1-2H3. The minimum Gasteiger partial charge on any atom is -0.302 e. The molecule has 0 N–H and O–H groups in total. The van der Waals surface area contributed by atoms with E-state index in [1.54, 1.807) is 0 Å². The number of rotatable bonds is 2. The Balaban J connectivity index is 2.37. The van der Waals surface area contributed by atoms with E-state index >= 15 is 0 Å². The average molecular weight is 261 g/mol. The molecule has 0 spiro atoms. The molecule has 98 valence electrons. The number of pyridine rings is 1. The maximum Gasteiger partial charge on any atom is 0.140 e. The Hall–Kier alpha value is -2.60. The number of benzene rings is 1. The normalized spacial score (nSPS) is 12.2. The van der Waals surface area contributed by atoms with Gasteiger partial charge in [0.2, 0.25) is 0 Å². The molecule has 0 fully saturated rings. The fraction of sp³-hybridized carbons (Fsp3) is 0.176. The third-order valence-corrected chi connectivity index (χ3v) is 3.53. The van der Waals surface area contributed by atoms with Crippen LogP contribution in [0.2, 0.25) is 0 Å². The number of aromatic nitrogens is 2. The highest BCUT2D eigenvalue weighted by Crippen LogP contribution is 2.30. The Labute approximate surface area is 118 Å². The minimum atomic E-state index is -0.206. The Kier molecular flexibility index (Phi) is 3.00. The third kappa shape index (κ3) is 1.86. The zero-order valence-electron chi connectivity index (χ0n) is 11.5. The topological polar surface area (TPSA) is 41.1 Å². The molecule has 1 atom stereocenters. The fourth-order valence-electron chi connectivity index (χ4n) is 2.51. The molecular weight excluding hydrogens is 246 g/mol. The SMILES string of the molecule is Cc1cccn2c(C(C)C#N)c(-c3ccccc3)nc12. The van der Waals surface area contributed by atoms with Crippen LogP contribution in [-0.4, -0.2) is 9.38 Å². The van der Waals surface area contributed by atoms with Crippen molar-refractivity contribution in [3.05, 3.63) is 59.9 Å². The Morgan fingerprint density at radius 2 is 1.90 bits per heavy atom. The first-order valence-electron chi connectivity index (χ1n) is 6.65.